The van der Waals surface area contributed by atoms with Crippen LogP contribution in [-0.2, 0) is 32.5 Å². The van der Waals surface area contributed by atoms with Crippen molar-refractivity contribution in [2.75, 3.05) is 0 Å². The second-order valence-corrected chi connectivity index (χ2v) is 37.0. The molecular weight excluding hydrogens is 1530 g/mol. The number of fused-ring (bicyclic) bond motifs is 12. The van der Waals surface area contributed by atoms with Crippen LogP contribution >= 0.6 is 0 Å². The minimum Gasteiger partial charge on any atom is -0.244 e. The summed E-state index contributed by atoms with van der Waals surface area (Å²) in [4.78, 5) is 40.5. The van der Waals surface area contributed by atoms with Crippen molar-refractivity contribution in [3.63, 3.8) is 0 Å². The lowest BCUT2D eigenvalue weighted by Gasteiger charge is -2.48. The van der Waals surface area contributed by atoms with Crippen LogP contribution < -0.4 is 0 Å². The third kappa shape index (κ3) is 13.7. The molecule has 22 rings (SSSR count). The van der Waals surface area contributed by atoms with Crippen LogP contribution in [0.4, 0.5) is 0 Å². The quantitative estimate of drug-likeness (QED) is 0.133. The molecule has 3 aliphatic carbocycles. The van der Waals surface area contributed by atoms with Crippen molar-refractivity contribution in [1.29, 1.82) is 0 Å². The Morgan fingerprint density at radius 3 is 0.984 bits per heavy atom. The molecule has 8 nitrogen and oxygen atoms in total. The molecule has 3 aliphatic rings. The number of para-hydroxylation sites is 2. The molecule has 0 atom stereocenters. The van der Waals surface area contributed by atoms with Gasteiger partial charge in [-0.05, 0) is 173 Å². The molecule has 3 heterocycles. The Morgan fingerprint density at radius 1 is 0.159 bits per heavy atom. The van der Waals surface area contributed by atoms with Gasteiger partial charge in [0.05, 0.1) is 22.4 Å². The summed E-state index contributed by atoms with van der Waals surface area (Å²) in [5.41, 5.74) is 32.4. The number of benzene rings is 16. The molecule has 19 aromatic rings. The second-order valence-electron chi connectivity index (χ2n) is 37.0. The van der Waals surface area contributed by atoms with Gasteiger partial charge in [0.15, 0.2) is 34.9 Å². The van der Waals surface area contributed by atoms with Gasteiger partial charge in [-0.25, -0.2) is 39.9 Å². The lowest BCUT2D eigenvalue weighted by Crippen LogP contribution is -2.43. The number of nitrogens with zero attached hydrogens (tertiary/aromatic N) is 8. The molecule has 0 unspecified atom stereocenters. The average molecular weight is 1630 g/mol. The Balaban J connectivity index is 0.000000120. The summed E-state index contributed by atoms with van der Waals surface area (Å²) in [5, 5.41) is 4.65. The van der Waals surface area contributed by atoms with Crippen molar-refractivity contribution in [2.24, 2.45) is 0 Å². The van der Waals surface area contributed by atoms with Gasteiger partial charge in [0, 0.05) is 44.5 Å². The summed E-state index contributed by atoms with van der Waals surface area (Å²) in [5.74, 6) is 4.02. The fourth-order valence-electron chi connectivity index (χ4n) is 19.5. The zero-order valence-electron chi connectivity index (χ0n) is 73.4. The van der Waals surface area contributed by atoms with Crippen LogP contribution in [0, 0.1) is 0 Å². The van der Waals surface area contributed by atoms with Crippen LogP contribution in [0.1, 0.15) is 116 Å². The topological polar surface area (TPSA) is 103 Å². The van der Waals surface area contributed by atoms with Crippen LogP contribution in [0.2, 0.25) is 0 Å². The molecule has 0 fully saturated rings. The zero-order valence-corrected chi connectivity index (χ0v) is 73.4. The molecule has 0 saturated carbocycles. The first kappa shape index (κ1) is 79.8. The lowest BCUT2D eigenvalue weighted by molar-refractivity contribution is 0.299. The number of aromatic nitrogens is 8. The maximum Gasteiger partial charge on any atom is 0.164 e. The van der Waals surface area contributed by atoms with Crippen molar-refractivity contribution in [3.05, 3.63) is 409 Å². The third-order valence-corrected chi connectivity index (χ3v) is 28.7. The van der Waals surface area contributed by atoms with E-state index in [1.807, 2.05) is 91.0 Å². The predicted octanol–water partition coefficient (Wildman–Crippen LogP) is 30.1. The minimum atomic E-state index is -0.0749. The summed E-state index contributed by atoms with van der Waals surface area (Å²) in [6.45, 7) is 28.4. The summed E-state index contributed by atoms with van der Waals surface area (Å²) in [6, 6.07) is 133. The van der Waals surface area contributed by atoms with Crippen LogP contribution in [0.3, 0.4) is 0 Å². The molecule has 0 radical (unpaired) electrons. The lowest BCUT2D eigenvalue weighted by atomic mass is 9.55. The van der Waals surface area contributed by atoms with Gasteiger partial charge in [0.1, 0.15) is 0 Å². The molecule has 8 heteroatoms. The Hall–Kier alpha value is -14.6. The van der Waals surface area contributed by atoms with E-state index in [0.717, 1.165) is 72.3 Å². The van der Waals surface area contributed by atoms with E-state index in [2.05, 4.69) is 368 Å². The molecule has 3 aromatic heterocycles. The Kier molecular flexibility index (Phi) is 19.8. The maximum absolute atomic E-state index is 5.31. The highest BCUT2D eigenvalue weighted by molar-refractivity contribution is 6.05. The highest BCUT2D eigenvalue weighted by Gasteiger charge is 2.49. The van der Waals surface area contributed by atoms with Crippen molar-refractivity contribution in [1.82, 2.24) is 39.9 Å². The first-order valence-electron chi connectivity index (χ1n) is 43.9. The number of rotatable bonds is 10. The predicted molar refractivity (Wildman–Crippen MR) is 523 cm³/mol. The van der Waals surface area contributed by atoms with E-state index < -0.39 is 0 Å². The molecule has 0 aliphatic heterocycles. The van der Waals surface area contributed by atoms with Crippen molar-refractivity contribution in [2.45, 2.75) is 116 Å². The Labute approximate surface area is 739 Å². The van der Waals surface area contributed by atoms with Gasteiger partial charge in [-0.3, -0.25) is 0 Å². The van der Waals surface area contributed by atoms with E-state index in [1.165, 1.54) is 105 Å². The summed E-state index contributed by atoms with van der Waals surface area (Å²) in [6.07, 6.45) is 0. The summed E-state index contributed by atoms with van der Waals surface area (Å²) < 4.78 is 0. The van der Waals surface area contributed by atoms with Gasteiger partial charge in [-0.15, -0.1) is 0 Å². The third-order valence-electron chi connectivity index (χ3n) is 28.7. The first-order chi connectivity index (χ1) is 61.0. The molecule has 126 heavy (non-hydrogen) atoms. The molecular formula is C118H98N8. The summed E-state index contributed by atoms with van der Waals surface area (Å²) in [7, 11) is 0. The monoisotopic (exact) mass is 1630 g/mol. The standard InChI is InChI=1S/C43H35N3.C38H32N2.C37H31N3/c1-42(2)37-24-12-11-19-34(37)36-27-30(25-26-38(36)43(42,3)4)31-20-13-22-33-32(31)21-14-23-35(33)41-45-39(28-15-7-5-8-16-28)44-40(46-41)29-17-9-6-10-18-29;1-37(2)30-17-9-8-15-28(30)34-29(16-12-18-31(34)38(37,3)4)36-35(39-32-19-10-11-20-33(32)40-36)27-23-21-26(22-24-27)25-13-6-5-7-14-25;1-36(2)31-17-11-10-16-29(31)30-23-28(20-21-32(30)37(36,3)4)35-39-33(25-13-6-5-7-14-25)38-34(40-35)27-19-18-24-12-8-9-15-26(24)22-27/h5-27H,1-4H3;5-24H,1-4H3;5-23H,1-4H3. The molecule has 0 saturated heterocycles. The minimum absolute atomic E-state index is 0.00495. The first-order valence-corrected chi connectivity index (χ1v) is 43.9. The molecule has 16 aromatic carbocycles. The fraction of sp³-hybridized carbons (Fsp3) is 0.153. The van der Waals surface area contributed by atoms with E-state index in [-0.39, 0.29) is 32.5 Å². The van der Waals surface area contributed by atoms with Gasteiger partial charge in [-0.1, -0.05) is 429 Å². The SMILES string of the molecule is CC1(C)c2ccccc2-c2c(-c3nc4ccccc4nc3-c3ccc(-c4ccccc4)cc3)cccc2C1(C)C.CC1(C)c2ccccc2-c2cc(-c3cccc4c(-c5nc(-c6ccccc6)nc(-c6ccccc6)n5)cccc34)ccc2C1(C)C.CC1(C)c2ccccc2-c2cc(-c3nc(-c4ccccc4)nc(-c4ccc5ccccc5c4)n3)ccc2C1(C)C. The highest BCUT2D eigenvalue weighted by atomic mass is 15.0. The van der Waals surface area contributed by atoms with E-state index in [1.54, 1.807) is 0 Å². The largest absolute Gasteiger partial charge is 0.244 e. The van der Waals surface area contributed by atoms with Crippen molar-refractivity contribution < 1.29 is 0 Å². The molecule has 0 bridgehead atoms. The van der Waals surface area contributed by atoms with E-state index in [9.17, 15) is 0 Å². The number of hydrogen-bond donors (Lipinski definition) is 0. The van der Waals surface area contributed by atoms with E-state index in [4.69, 9.17) is 39.9 Å². The van der Waals surface area contributed by atoms with Crippen molar-refractivity contribution >= 4 is 32.6 Å². The van der Waals surface area contributed by atoms with Crippen LogP contribution in [0.15, 0.2) is 376 Å². The van der Waals surface area contributed by atoms with Gasteiger partial charge in [0.2, 0.25) is 0 Å². The molecule has 0 spiro atoms. The Bertz CT molecular complexity index is 7380. The van der Waals surface area contributed by atoms with Gasteiger partial charge in [-0.2, -0.15) is 0 Å². The number of hydrogen-bond acceptors (Lipinski definition) is 8. The van der Waals surface area contributed by atoms with Gasteiger partial charge in [0.25, 0.3) is 0 Å². The van der Waals surface area contributed by atoms with E-state index >= 15 is 0 Å². The maximum atomic E-state index is 5.31. The van der Waals surface area contributed by atoms with E-state index in [0.29, 0.717) is 34.9 Å². The second kappa shape index (κ2) is 31.3. The normalized spacial score (nSPS) is 14.7. The van der Waals surface area contributed by atoms with Gasteiger partial charge < -0.3 is 0 Å². The highest BCUT2D eigenvalue weighted by Crippen LogP contribution is 2.59. The van der Waals surface area contributed by atoms with Gasteiger partial charge >= 0.3 is 0 Å². The Morgan fingerprint density at radius 2 is 0.468 bits per heavy atom. The van der Waals surface area contributed by atoms with Crippen LogP contribution in [0.25, 0.3) is 179 Å². The van der Waals surface area contributed by atoms with Crippen molar-refractivity contribution in [3.8, 4) is 146 Å². The molecule has 610 valence electrons. The van der Waals surface area contributed by atoms with Crippen LogP contribution in [0.5, 0.6) is 0 Å². The summed E-state index contributed by atoms with van der Waals surface area (Å²) >= 11 is 0. The smallest absolute Gasteiger partial charge is 0.164 e. The molecule has 0 N–H and O–H groups in total. The fourth-order valence-corrected chi connectivity index (χ4v) is 19.5. The molecule has 0 amide bonds. The zero-order chi connectivity index (χ0) is 86.4. The van der Waals surface area contributed by atoms with Crippen LogP contribution in [-0.4, -0.2) is 39.9 Å². The average Bonchev–Trinajstić information content (AvgIpc) is 0.713.